The first-order valence-corrected chi connectivity index (χ1v) is 6.53. The molecule has 1 heterocycles. The van der Waals surface area contributed by atoms with E-state index in [2.05, 4.69) is 31.5 Å². The first-order chi connectivity index (χ1) is 8.63. The van der Waals surface area contributed by atoms with Crippen molar-refractivity contribution in [1.29, 1.82) is 0 Å². The van der Waals surface area contributed by atoms with Crippen molar-refractivity contribution in [3.63, 3.8) is 0 Å². The fourth-order valence-electron chi connectivity index (χ4n) is 1.29. The van der Waals surface area contributed by atoms with Crippen molar-refractivity contribution < 1.29 is 9.53 Å². The van der Waals surface area contributed by atoms with Gasteiger partial charge in [0.1, 0.15) is 0 Å². The SMILES string of the molecule is COCCNC(=O)C(C)NCc1ccc(Br)cn1. The number of nitrogens with one attached hydrogen (secondary N) is 2. The van der Waals surface area contributed by atoms with Crippen LogP contribution in [-0.4, -0.2) is 37.2 Å². The van der Waals surface area contributed by atoms with Crippen molar-refractivity contribution in [2.75, 3.05) is 20.3 Å². The summed E-state index contributed by atoms with van der Waals surface area (Å²) < 4.78 is 5.80. The Morgan fingerprint density at radius 1 is 1.56 bits per heavy atom. The zero-order valence-electron chi connectivity index (χ0n) is 10.6. The number of carbonyl (C=O) groups excluding carboxylic acids is 1. The number of rotatable bonds is 7. The monoisotopic (exact) mass is 315 g/mol. The number of aromatic nitrogens is 1. The molecular weight excluding hydrogens is 298 g/mol. The molecule has 1 amide bonds. The van der Waals surface area contributed by atoms with Crippen molar-refractivity contribution >= 4 is 21.8 Å². The average molecular weight is 316 g/mol. The lowest BCUT2D eigenvalue weighted by molar-refractivity contribution is -0.122. The Labute approximate surface area is 115 Å². The first-order valence-electron chi connectivity index (χ1n) is 5.74. The molecule has 0 aliphatic carbocycles. The third-order valence-corrected chi connectivity index (χ3v) is 2.85. The van der Waals surface area contributed by atoms with Gasteiger partial charge in [-0.2, -0.15) is 0 Å². The van der Waals surface area contributed by atoms with Crippen molar-refractivity contribution in [2.24, 2.45) is 0 Å². The number of hydrogen-bond acceptors (Lipinski definition) is 4. The van der Waals surface area contributed by atoms with Crippen LogP contribution in [0, 0.1) is 0 Å². The van der Waals surface area contributed by atoms with Gasteiger partial charge in [-0.15, -0.1) is 0 Å². The van der Waals surface area contributed by atoms with E-state index in [1.54, 1.807) is 13.3 Å². The van der Waals surface area contributed by atoms with E-state index < -0.39 is 0 Å². The predicted octanol–water partition coefficient (Wildman–Crippen LogP) is 1.08. The van der Waals surface area contributed by atoms with Gasteiger partial charge in [0.25, 0.3) is 0 Å². The van der Waals surface area contributed by atoms with E-state index in [-0.39, 0.29) is 11.9 Å². The lowest BCUT2D eigenvalue weighted by Gasteiger charge is -2.13. The van der Waals surface area contributed by atoms with Crippen LogP contribution in [0.15, 0.2) is 22.8 Å². The molecule has 0 spiro atoms. The van der Waals surface area contributed by atoms with E-state index >= 15 is 0 Å². The molecule has 18 heavy (non-hydrogen) atoms. The minimum atomic E-state index is -0.257. The molecule has 100 valence electrons. The Bertz CT molecular complexity index is 370. The largest absolute Gasteiger partial charge is 0.383 e. The number of amides is 1. The fourth-order valence-corrected chi connectivity index (χ4v) is 1.53. The zero-order chi connectivity index (χ0) is 13.4. The smallest absolute Gasteiger partial charge is 0.236 e. The molecule has 1 aromatic rings. The Hall–Kier alpha value is -0.980. The summed E-state index contributed by atoms with van der Waals surface area (Å²) in [5, 5.41) is 5.89. The van der Waals surface area contributed by atoms with E-state index in [0.717, 1.165) is 10.2 Å². The lowest BCUT2D eigenvalue weighted by Crippen LogP contribution is -2.42. The van der Waals surface area contributed by atoms with E-state index in [1.807, 2.05) is 19.1 Å². The summed E-state index contributed by atoms with van der Waals surface area (Å²) in [5.74, 6) is -0.0378. The molecule has 1 atom stereocenters. The Kier molecular flexibility index (Phi) is 6.85. The van der Waals surface area contributed by atoms with Gasteiger partial charge in [-0.1, -0.05) is 0 Å². The van der Waals surface area contributed by atoms with Crippen LogP contribution in [-0.2, 0) is 16.1 Å². The maximum Gasteiger partial charge on any atom is 0.236 e. The van der Waals surface area contributed by atoms with E-state index in [0.29, 0.717) is 19.7 Å². The van der Waals surface area contributed by atoms with Crippen molar-refractivity contribution in [3.05, 3.63) is 28.5 Å². The molecular formula is C12H18BrN3O2. The highest BCUT2D eigenvalue weighted by Crippen LogP contribution is 2.07. The number of hydrogen-bond donors (Lipinski definition) is 2. The molecule has 0 radical (unpaired) electrons. The van der Waals surface area contributed by atoms with Crippen molar-refractivity contribution in [2.45, 2.75) is 19.5 Å². The van der Waals surface area contributed by atoms with Gasteiger partial charge in [-0.25, -0.2) is 0 Å². The standard InChI is InChI=1S/C12H18BrN3O2/c1-9(12(17)14-5-6-18-2)15-8-11-4-3-10(13)7-16-11/h3-4,7,9,15H,5-6,8H2,1-2H3,(H,14,17). The molecule has 0 aromatic carbocycles. The molecule has 0 bridgehead atoms. The van der Waals surface area contributed by atoms with Gasteiger partial charge >= 0.3 is 0 Å². The van der Waals surface area contributed by atoms with Crippen LogP contribution in [0.5, 0.6) is 0 Å². The molecule has 1 aromatic heterocycles. The van der Waals surface area contributed by atoms with Crippen molar-refractivity contribution in [3.8, 4) is 0 Å². The maximum atomic E-state index is 11.6. The molecule has 0 aliphatic rings. The molecule has 1 unspecified atom stereocenters. The third-order valence-electron chi connectivity index (χ3n) is 2.38. The highest BCUT2D eigenvalue weighted by atomic mass is 79.9. The van der Waals surface area contributed by atoms with Gasteiger partial charge in [-0.3, -0.25) is 9.78 Å². The van der Waals surface area contributed by atoms with Crippen LogP contribution in [0.1, 0.15) is 12.6 Å². The minimum Gasteiger partial charge on any atom is -0.383 e. The Balaban J connectivity index is 2.29. The second-order valence-corrected chi connectivity index (χ2v) is 4.77. The number of carbonyl (C=O) groups is 1. The number of ether oxygens (including phenoxy) is 1. The zero-order valence-corrected chi connectivity index (χ0v) is 12.2. The van der Waals surface area contributed by atoms with Crippen LogP contribution >= 0.6 is 15.9 Å². The molecule has 2 N–H and O–H groups in total. The summed E-state index contributed by atoms with van der Waals surface area (Å²) in [4.78, 5) is 15.9. The molecule has 1 rings (SSSR count). The summed E-state index contributed by atoms with van der Waals surface area (Å²) in [6.45, 7) is 3.43. The summed E-state index contributed by atoms with van der Waals surface area (Å²) in [6, 6.07) is 3.58. The number of methoxy groups -OCH3 is 1. The van der Waals surface area contributed by atoms with Gasteiger partial charge in [0.2, 0.25) is 5.91 Å². The van der Waals surface area contributed by atoms with Gasteiger partial charge < -0.3 is 15.4 Å². The number of halogens is 1. The highest BCUT2D eigenvalue weighted by Gasteiger charge is 2.11. The molecule has 6 heteroatoms. The summed E-state index contributed by atoms with van der Waals surface area (Å²) in [5.41, 5.74) is 0.898. The van der Waals surface area contributed by atoms with E-state index in [4.69, 9.17) is 4.74 Å². The summed E-state index contributed by atoms with van der Waals surface area (Å²) in [7, 11) is 1.60. The number of nitrogens with zero attached hydrogens (tertiary/aromatic N) is 1. The second kappa shape index (κ2) is 8.18. The highest BCUT2D eigenvalue weighted by molar-refractivity contribution is 9.10. The third kappa shape index (κ3) is 5.57. The quantitative estimate of drug-likeness (QED) is 0.739. The fraction of sp³-hybridized carbons (Fsp3) is 0.500. The topological polar surface area (TPSA) is 63.2 Å². The molecule has 0 aliphatic heterocycles. The van der Waals surface area contributed by atoms with Crippen LogP contribution < -0.4 is 10.6 Å². The number of pyridine rings is 1. The van der Waals surface area contributed by atoms with Gasteiger partial charge in [0.15, 0.2) is 0 Å². The van der Waals surface area contributed by atoms with Gasteiger partial charge in [-0.05, 0) is 35.0 Å². The lowest BCUT2D eigenvalue weighted by atomic mass is 10.3. The maximum absolute atomic E-state index is 11.6. The van der Waals surface area contributed by atoms with Crippen LogP contribution in [0.25, 0.3) is 0 Å². The van der Waals surface area contributed by atoms with Gasteiger partial charge in [0.05, 0.1) is 18.3 Å². The van der Waals surface area contributed by atoms with Crippen LogP contribution in [0.2, 0.25) is 0 Å². The normalized spacial score (nSPS) is 12.2. The summed E-state index contributed by atoms with van der Waals surface area (Å²) >= 11 is 3.33. The minimum absolute atomic E-state index is 0.0378. The Morgan fingerprint density at radius 2 is 2.33 bits per heavy atom. The summed E-state index contributed by atoms with van der Waals surface area (Å²) in [6.07, 6.45) is 1.74. The van der Waals surface area contributed by atoms with E-state index in [9.17, 15) is 4.79 Å². The predicted molar refractivity (Wildman–Crippen MR) is 73.1 cm³/mol. The van der Waals surface area contributed by atoms with Crippen LogP contribution in [0.3, 0.4) is 0 Å². The first kappa shape index (κ1) is 15.1. The van der Waals surface area contributed by atoms with Gasteiger partial charge in [0, 0.05) is 30.9 Å². The molecule has 0 saturated carbocycles. The van der Waals surface area contributed by atoms with Crippen LogP contribution in [0.4, 0.5) is 0 Å². The van der Waals surface area contributed by atoms with Crippen molar-refractivity contribution in [1.82, 2.24) is 15.6 Å². The average Bonchev–Trinajstić information content (AvgIpc) is 2.38. The Morgan fingerprint density at radius 3 is 2.94 bits per heavy atom. The molecule has 0 saturated heterocycles. The second-order valence-electron chi connectivity index (χ2n) is 3.85. The molecule has 5 nitrogen and oxygen atoms in total. The molecule has 0 fully saturated rings. The van der Waals surface area contributed by atoms with E-state index in [1.165, 1.54) is 0 Å².